The highest BCUT2D eigenvalue weighted by Gasteiger charge is 2.23. The zero-order valence-electron chi connectivity index (χ0n) is 15.9. The first-order chi connectivity index (χ1) is 13.5. The molecule has 0 aliphatic carbocycles. The van der Waals surface area contributed by atoms with Crippen LogP contribution in [0.5, 0.6) is 17.2 Å². The fourth-order valence-electron chi connectivity index (χ4n) is 2.70. The lowest BCUT2D eigenvalue weighted by Crippen LogP contribution is -2.34. The molecule has 0 bridgehead atoms. The highest BCUT2D eigenvalue weighted by molar-refractivity contribution is 6.03. The van der Waals surface area contributed by atoms with Crippen LogP contribution in [0.4, 0.5) is 11.4 Å². The zero-order valence-corrected chi connectivity index (χ0v) is 15.9. The van der Waals surface area contributed by atoms with Crippen LogP contribution in [0.2, 0.25) is 0 Å². The maximum atomic E-state index is 12.2. The first-order valence-electron chi connectivity index (χ1n) is 8.91. The maximum Gasteiger partial charge on any atom is 0.265 e. The Bertz CT molecular complexity index is 923. The van der Waals surface area contributed by atoms with Gasteiger partial charge >= 0.3 is 0 Å². The molecule has 2 N–H and O–H groups in total. The fourth-order valence-corrected chi connectivity index (χ4v) is 2.70. The molecule has 0 fully saturated rings. The largest absolute Gasteiger partial charge is 0.493 e. The molecule has 1 aliphatic heterocycles. The van der Waals surface area contributed by atoms with Gasteiger partial charge in [-0.15, -0.1) is 0 Å². The van der Waals surface area contributed by atoms with Crippen molar-refractivity contribution in [2.24, 2.45) is 0 Å². The van der Waals surface area contributed by atoms with Crippen molar-refractivity contribution in [3.63, 3.8) is 0 Å². The molecule has 1 atom stereocenters. The number of carbonyl (C=O) groups is 2. The van der Waals surface area contributed by atoms with E-state index in [4.69, 9.17) is 14.2 Å². The Kier molecular flexibility index (Phi) is 5.84. The number of methoxy groups -OCH3 is 1. The van der Waals surface area contributed by atoms with Gasteiger partial charge in [0.05, 0.1) is 19.4 Å². The Balaban J connectivity index is 1.67. The molecule has 0 aromatic heterocycles. The summed E-state index contributed by atoms with van der Waals surface area (Å²) in [7, 11) is 1.57. The van der Waals surface area contributed by atoms with Crippen LogP contribution in [0.3, 0.4) is 0 Å². The quantitative estimate of drug-likeness (QED) is 0.747. The van der Waals surface area contributed by atoms with Crippen LogP contribution in [-0.4, -0.2) is 31.6 Å². The minimum Gasteiger partial charge on any atom is -0.493 e. The summed E-state index contributed by atoms with van der Waals surface area (Å²) >= 11 is 0. The predicted octanol–water partition coefficient (Wildman–Crippen LogP) is 3.47. The smallest absolute Gasteiger partial charge is 0.265 e. The monoisotopic (exact) mass is 382 g/mol. The van der Waals surface area contributed by atoms with Crippen molar-refractivity contribution in [1.82, 2.24) is 0 Å². The average molecular weight is 382 g/mol. The molecular weight excluding hydrogens is 360 g/mol. The Labute approximate surface area is 163 Å². The number of fused-ring (bicyclic) bond motifs is 1. The van der Waals surface area contributed by atoms with Gasteiger partial charge in [-0.3, -0.25) is 9.59 Å². The van der Waals surface area contributed by atoms with E-state index < -0.39 is 6.10 Å². The van der Waals surface area contributed by atoms with Gasteiger partial charge in [-0.1, -0.05) is 6.07 Å². The zero-order chi connectivity index (χ0) is 20.1. The van der Waals surface area contributed by atoms with E-state index in [1.165, 1.54) is 6.08 Å². The number of benzene rings is 2. The Morgan fingerprint density at radius 1 is 1.25 bits per heavy atom. The van der Waals surface area contributed by atoms with E-state index in [0.29, 0.717) is 35.2 Å². The summed E-state index contributed by atoms with van der Waals surface area (Å²) in [6.45, 7) is 4.12. The highest BCUT2D eigenvalue weighted by atomic mass is 16.5. The lowest BCUT2D eigenvalue weighted by Gasteiger charge is -2.23. The second kappa shape index (κ2) is 8.47. The van der Waals surface area contributed by atoms with Gasteiger partial charge in [0.15, 0.2) is 17.6 Å². The topological polar surface area (TPSA) is 85.9 Å². The summed E-state index contributed by atoms with van der Waals surface area (Å²) in [5.41, 5.74) is 1.88. The third kappa shape index (κ3) is 4.43. The SMILES string of the molecule is CCOc1ccc(/C=C/C(=O)Nc2ccc3c(c2)NC(=O)C(C)O3)cc1OC. The molecule has 28 heavy (non-hydrogen) atoms. The molecule has 3 rings (SSSR count). The van der Waals surface area contributed by atoms with Crippen molar-refractivity contribution in [3.05, 3.63) is 48.0 Å². The van der Waals surface area contributed by atoms with Gasteiger partial charge < -0.3 is 24.8 Å². The Morgan fingerprint density at radius 3 is 2.82 bits per heavy atom. The number of ether oxygens (including phenoxy) is 3. The van der Waals surface area contributed by atoms with E-state index in [1.54, 1.807) is 50.4 Å². The van der Waals surface area contributed by atoms with Gasteiger partial charge in [0.2, 0.25) is 5.91 Å². The van der Waals surface area contributed by atoms with Gasteiger partial charge in [0.1, 0.15) is 5.75 Å². The molecule has 1 aliphatic rings. The summed E-state index contributed by atoms with van der Waals surface area (Å²) in [6, 6.07) is 10.5. The summed E-state index contributed by atoms with van der Waals surface area (Å²) < 4.78 is 16.3. The van der Waals surface area contributed by atoms with E-state index >= 15 is 0 Å². The normalized spacial score (nSPS) is 15.4. The third-order valence-electron chi connectivity index (χ3n) is 4.09. The first-order valence-corrected chi connectivity index (χ1v) is 8.91. The van der Waals surface area contributed by atoms with E-state index in [-0.39, 0.29) is 11.8 Å². The molecule has 2 aromatic rings. The molecule has 2 amide bonds. The van der Waals surface area contributed by atoms with Crippen molar-refractivity contribution >= 4 is 29.3 Å². The number of rotatable bonds is 6. The van der Waals surface area contributed by atoms with Crippen LogP contribution in [0.1, 0.15) is 19.4 Å². The van der Waals surface area contributed by atoms with Crippen molar-refractivity contribution < 1.29 is 23.8 Å². The number of amides is 2. The number of carbonyl (C=O) groups excluding carboxylic acids is 2. The lowest BCUT2D eigenvalue weighted by atomic mass is 10.2. The minimum absolute atomic E-state index is 0.222. The molecule has 7 nitrogen and oxygen atoms in total. The molecule has 7 heteroatoms. The van der Waals surface area contributed by atoms with Crippen LogP contribution in [0.25, 0.3) is 6.08 Å². The van der Waals surface area contributed by atoms with E-state index in [0.717, 1.165) is 5.56 Å². The molecule has 0 spiro atoms. The third-order valence-corrected chi connectivity index (χ3v) is 4.09. The summed E-state index contributed by atoms with van der Waals surface area (Å²) in [6.07, 6.45) is 2.56. The van der Waals surface area contributed by atoms with Crippen molar-refractivity contribution in [2.75, 3.05) is 24.4 Å². The van der Waals surface area contributed by atoms with Crippen molar-refractivity contribution in [1.29, 1.82) is 0 Å². The maximum absolute atomic E-state index is 12.2. The number of nitrogens with one attached hydrogen (secondary N) is 2. The molecule has 1 heterocycles. The Morgan fingerprint density at radius 2 is 2.07 bits per heavy atom. The van der Waals surface area contributed by atoms with Crippen LogP contribution < -0.4 is 24.8 Å². The van der Waals surface area contributed by atoms with Crippen LogP contribution in [0.15, 0.2) is 42.5 Å². The van der Waals surface area contributed by atoms with Gasteiger partial charge in [0, 0.05) is 11.8 Å². The second-order valence-electron chi connectivity index (χ2n) is 6.13. The van der Waals surface area contributed by atoms with Crippen LogP contribution in [-0.2, 0) is 9.59 Å². The van der Waals surface area contributed by atoms with E-state index in [9.17, 15) is 9.59 Å². The summed E-state index contributed by atoms with van der Waals surface area (Å²) in [4.78, 5) is 23.9. The van der Waals surface area contributed by atoms with E-state index in [1.807, 2.05) is 13.0 Å². The predicted molar refractivity (Wildman–Crippen MR) is 107 cm³/mol. The lowest BCUT2D eigenvalue weighted by molar-refractivity contribution is -0.122. The van der Waals surface area contributed by atoms with Gasteiger partial charge in [-0.25, -0.2) is 0 Å². The summed E-state index contributed by atoms with van der Waals surface area (Å²) in [5, 5.41) is 5.51. The molecular formula is C21H22N2O5. The molecule has 146 valence electrons. The van der Waals surface area contributed by atoms with Gasteiger partial charge in [0.25, 0.3) is 5.91 Å². The van der Waals surface area contributed by atoms with E-state index in [2.05, 4.69) is 10.6 Å². The number of hydrogen-bond donors (Lipinski definition) is 2. The van der Waals surface area contributed by atoms with Gasteiger partial charge in [-0.05, 0) is 55.8 Å². The fraction of sp³-hybridized carbons (Fsp3) is 0.238. The minimum atomic E-state index is -0.540. The van der Waals surface area contributed by atoms with Crippen LogP contribution >= 0.6 is 0 Å². The average Bonchev–Trinajstić information content (AvgIpc) is 2.68. The summed E-state index contributed by atoms with van der Waals surface area (Å²) in [5.74, 6) is 1.30. The van der Waals surface area contributed by atoms with Crippen molar-refractivity contribution in [3.8, 4) is 17.2 Å². The molecule has 0 radical (unpaired) electrons. The first kappa shape index (κ1) is 19.3. The highest BCUT2D eigenvalue weighted by Crippen LogP contribution is 2.32. The molecule has 2 aromatic carbocycles. The number of hydrogen-bond acceptors (Lipinski definition) is 5. The molecule has 1 unspecified atom stereocenters. The molecule has 0 saturated heterocycles. The van der Waals surface area contributed by atoms with Crippen LogP contribution in [0, 0.1) is 0 Å². The second-order valence-corrected chi connectivity index (χ2v) is 6.13. The Hall–Kier alpha value is -3.48. The molecule has 0 saturated carbocycles. The van der Waals surface area contributed by atoms with Gasteiger partial charge in [-0.2, -0.15) is 0 Å². The number of anilines is 2. The standard InChI is InChI=1S/C21H22N2O5/c1-4-27-18-8-5-14(11-19(18)26-3)6-10-20(24)22-15-7-9-17-16(12-15)23-21(25)13(2)28-17/h5-13H,4H2,1-3H3,(H,22,24)(H,23,25)/b10-6+. The van der Waals surface area contributed by atoms with Crippen molar-refractivity contribution in [2.45, 2.75) is 20.0 Å².